The second-order valence-corrected chi connectivity index (χ2v) is 6.09. The molecule has 2 aromatic carbocycles. The Morgan fingerprint density at radius 2 is 1.39 bits per heavy atom. The summed E-state index contributed by atoms with van der Waals surface area (Å²) < 4.78 is 0. The minimum atomic E-state index is -0.621. The lowest BCUT2D eigenvalue weighted by atomic mass is 10.4. The monoisotopic (exact) mass is 255 g/mol. The molecule has 0 saturated carbocycles. The molecule has 0 radical (unpaired) electrons. The molecule has 3 heteroatoms. The Morgan fingerprint density at radius 3 is 1.78 bits per heavy atom. The smallest absolute Gasteiger partial charge is 0.145 e. The van der Waals surface area contributed by atoms with Crippen LogP contribution in [0.15, 0.2) is 66.4 Å². The van der Waals surface area contributed by atoms with Crippen molar-refractivity contribution in [2.45, 2.75) is 0 Å². The van der Waals surface area contributed by atoms with Gasteiger partial charge in [0.25, 0.3) is 0 Å². The third-order valence-electron chi connectivity index (χ3n) is 2.60. The van der Waals surface area contributed by atoms with Crippen LogP contribution in [0.3, 0.4) is 0 Å². The molecule has 18 heavy (non-hydrogen) atoms. The van der Waals surface area contributed by atoms with Gasteiger partial charge in [0.1, 0.15) is 5.94 Å². The third kappa shape index (κ3) is 3.07. The summed E-state index contributed by atoms with van der Waals surface area (Å²) in [5, 5.41) is 2.44. The number of rotatable bonds is 4. The molecule has 90 valence electrons. The van der Waals surface area contributed by atoms with Crippen molar-refractivity contribution < 1.29 is 4.79 Å². The maximum atomic E-state index is 10.6. The van der Waals surface area contributed by atoms with Crippen LogP contribution in [0.2, 0.25) is 0 Å². The van der Waals surface area contributed by atoms with Crippen molar-refractivity contribution in [3.63, 3.8) is 0 Å². The largest absolute Gasteiger partial charge is 0.393 e. The van der Waals surface area contributed by atoms with Gasteiger partial charge in [-0.3, -0.25) is 0 Å². The summed E-state index contributed by atoms with van der Waals surface area (Å²) in [6, 6.07) is 20.3. The molecule has 0 fully saturated rings. The van der Waals surface area contributed by atoms with E-state index >= 15 is 0 Å². The minimum absolute atomic E-state index is 0.286. The minimum Gasteiger partial charge on any atom is -0.393 e. The van der Waals surface area contributed by atoms with Gasteiger partial charge < -0.3 is 5.73 Å². The quantitative estimate of drug-likeness (QED) is 0.668. The first-order valence-electron chi connectivity index (χ1n) is 5.68. The lowest BCUT2D eigenvalue weighted by Gasteiger charge is -2.17. The summed E-state index contributed by atoms with van der Waals surface area (Å²) >= 11 is 0. The van der Waals surface area contributed by atoms with Crippen LogP contribution in [0.4, 0.5) is 0 Å². The first-order chi connectivity index (χ1) is 8.81. The molecule has 0 atom stereocenters. The Morgan fingerprint density at radius 1 is 0.944 bits per heavy atom. The zero-order valence-corrected chi connectivity index (χ0v) is 10.8. The molecule has 0 heterocycles. The highest BCUT2D eigenvalue weighted by molar-refractivity contribution is 7.73. The molecule has 0 bridgehead atoms. The van der Waals surface area contributed by atoms with Crippen molar-refractivity contribution >= 4 is 24.5 Å². The summed E-state index contributed by atoms with van der Waals surface area (Å²) in [4.78, 5) is 10.6. The molecule has 0 aliphatic carbocycles. The zero-order chi connectivity index (χ0) is 12.8. The third-order valence-corrected chi connectivity index (χ3v) is 5.10. The summed E-state index contributed by atoms with van der Waals surface area (Å²) in [5.41, 5.74) is 5.94. The highest BCUT2D eigenvalue weighted by atomic mass is 31.1. The summed E-state index contributed by atoms with van der Waals surface area (Å²) in [6.07, 6.45) is 0.562. The molecule has 0 spiro atoms. The van der Waals surface area contributed by atoms with E-state index in [9.17, 15) is 4.79 Å². The molecule has 0 aliphatic heterocycles. The fraction of sp³-hybridized carbons (Fsp3) is 0.0667. The van der Waals surface area contributed by atoms with Crippen molar-refractivity contribution in [3.8, 4) is 0 Å². The number of allylic oxidation sites excluding steroid dienone is 1. The van der Waals surface area contributed by atoms with E-state index in [1.807, 2.05) is 36.4 Å². The van der Waals surface area contributed by atoms with Crippen molar-refractivity contribution in [1.29, 1.82) is 0 Å². The molecule has 2 nitrogen and oxygen atoms in total. The summed E-state index contributed by atoms with van der Waals surface area (Å²) in [6.45, 7) is 0. The van der Waals surface area contributed by atoms with Gasteiger partial charge in [0.05, 0.1) is 5.70 Å². The highest BCUT2D eigenvalue weighted by Gasteiger charge is 2.14. The first-order valence-corrected chi connectivity index (χ1v) is 7.21. The molecule has 0 aromatic heterocycles. The van der Waals surface area contributed by atoms with E-state index in [4.69, 9.17) is 5.73 Å². The fourth-order valence-corrected chi connectivity index (χ4v) is 3.88. The lowest BCUT2D eigenvalue weighted by Crippen LogP contribution is -2.17. The van der Waals surface area contributed by atoms with Crippen LogP contribution in [0.25, 0.3) is 0 Å². The van der Waals surface area contributed by atoms with Crippen LogP contribution < -0.4 is 16.3 Å². The number of benzene rings is 2. The summed E-state index contributed by atoms with van der Waals surface area (Å²) in [5.74, 6) is 1.80. The van der Waals surface area contributed by atoms with E-state index in [1.165, 1.54) is 10.6 Å². The van der Waals surface area contributed by atoms with Crippen LogP contribution in [0.5, 0.6) is 0 Å². The first kappa shape index (κ1) is 12.6. The van der Waals surface area contributed by atoms with Crippen LogP contribution in [0.1, 0.15) is 0 Å². The lowest BCUT2D eigenvalue weighted by molar-refractivity contribution is 0.567. The second kappa shape index (κ2) is 6.16. The Hall–Kier alpha value is -1.88. The van der Waals surface area contributed by atoms with Crippen LogP contribution in [-0.4, -0.2) is 12.1 Å². The number of carbonyl (C=O) groups excluding carboxylic acids is 1. The molecular formula is C15H14NOP. The highest BCUT2D eigenvalue weighted by Crippen LogP contribution is 2.33. The number of hydrogen-bond donors (Lipinski definition) is 1. The van der Waals surface area contributed by atoms with E-state index in [-0.39, 0.29) is 5.70 Å². The van der Waals surface area contributed by atoms with Crippen molar-refractivity contribution in [3.05, 3.63) is 66.4 Å². The molecule has 2 aromatic rings. The molecule has 2 rings (SSSR count). The van der Waals surface area contributed by atoms with Crippen LogP contribution >= 0.6 is 7.92 Å². The van der Waals surface area contributed by atoms with E-state index in [0.717, 1.165) is 0 Å². The van der Waals surface area contributed by atoms with Gasteiger partial charge in [-0.2, -0.15) is 0 Å². The topological polar surface area (TPSA) is 43.1 Å². The fourth-order valence-electron chi connectivity index (χ4n) is 1.75. The second-order valence-electron chi connectivity index (χ2n) is 3.88. The van der Waals surface area contributed by atoms with E-state index in [0.29, 0.717) is 6.16 Å². The Labute approximate surface area is 108 Å². The predicted molar refractivity (Wildman–Crippen MR) is 77.3 cm³/mol. The van der Waals surface area contributed by atoms with Crippen molar-refractivity contribution in [1.82, 2.24) is 0 Å². The SMILES string of the molecule is NC(=C=O)CP(c1ccccc1)c1ccccc1. The maximum Gasteiger partial charge on any atom is 0.145 e. The zero-order valence-electron chi connectivity index (χ0n) is 9.91. The Kier molecular flexibility index (Phi) is 4.30. The van der Waals surface area contributed by atoms with Gasteiger partial charge in [-0.05, 0) is 18.5 Å². The summed E-state index contributed by atoms with van der Waals surface area (Å²) in [7, 11) is -0.621. The van der Waals surface area contributed by atoms with E-state index in [1.54, 1.807) is 5.94 Å². The maximum absolute atomic E-state index is 10.6. The van der Waals surface area contributed by atoms with Gasteiger partial charge in [0.2, 0.25) is 0 Å². The molecule has 0 amide bonds. The van der Waals surface area contributed by atoms with E-state index in [2.05, 4.69) is 24.3 Å². The van der Waals surface area contributed by atoms with Crippen LogP contribution in [-0.2, 0) is 4.79 Å². The average Bonchev–Trinajstić information content (AvgIpc) is 2.46. The molecular weight excluding hydrogens is 241 g/mol. The van der Waals surface area contributed by atoms with Crippen LogP contribution in [0, 0.1) is 0 Å². The van der Waals surface area contributed by atoms with Gasteiger partial charge in [-0.15, -0.1) is 0 Å². The van der Waals surface area contributed by atoms with Gasteiger partial charge in [-0.25, -0.2) is 4.79 Å². The van der Waals surface area contributed by atoms with Gasteiger partial charge >= 0.3 is 0 Å². The normalized spacial score (nSPS) is 10.1. The van der Waals surface area contributed by atoms with E-state index < -0.39 is 7.92 Å². The van der Waals surface area contributed by atoms with Gasteiger partial charge in [-0.1, -0.05) is 60.7 Å². The number of nitrogens with two attached hydrogens (primary N) is 1. The predicted octanol–water partition coefficient (Wildman–Crippen LogP) is 1.79. The van der Waals surface area contributed by atoms with Gasteiger partial charge in [0, 0.05) is 6.16 Å². The van der Waals surface area contributed by atoms with Crippen molar-refractivity contribution in [2.24, 2.45) is 5.73 Å². The Bertz CT molecular complexity index is 508. The average molecular weight is 255 g/mol. The molecule has 0 saturated heterocycles. The van der Waals surface area contributed by atoms with Gasteiger partial charge in [0.15, 0.2) is 0 Å². The van der Waals surface area contributed by atoms with Crippen molar-refractivity contribution in [2.75, 3.05) is 6.16 Å². The number of hydrogen-bond acceptors (Lipinski definition) is 2. The molecule has 0 aliphatic rings. The standard InChI is InChI=1S/C15H14NOP/c16-13(11-17)12-18(14-7-3-1-4-8-14)15-9-5-2-6-10-15/h1-10H,12,16H2. The Balaban J connectivity index is 2.38. The molecule has 0 unspecified atom stereocenters. The molecule has 2 N–H and O–H groups in total.